The van der Waals surface area contributed by atoms with Crippen molar-refractivity contribution in [2.45, 2.75) is 25.9 Å². The topological polar surface area (TPSA) is 85.1 Å². The maximum Gasteiger partial charge on any atom is 0.272 e. The van der Waals surface area contributed by atoms with E-state index in [-0.39, 0.29) is 17.6 Å². The Labute approximate surface area is 224 Å². The van der Waals surface area contributed by atoms with Gasteiger partial charge in [0.2, 0.25) is 5.91 Å². The van der Waals surface area contributed by atoms with Gasteiger partial charge in [0.1, 0.15) is 11.5 Å². The quantitative estimate of drug-likeness (QED) is 0.362. The molecule has 1 saturated heterocycles. The van der Waals surface area contributed by atoms with Gasteiger partial charge in [-0.1, -0.05) is 36.8 Å². The zero-order valence-corrected chi connectivity index (χ0v) is 21.7. The highest BCUT2D eigenvalue weighted by Crippen LogP contribution is 2.41. The summed E-state index contributed by atoms with van der Waals surface area (Å²) in [6.07, 6.45) is 3.44. The number of anilines is 1. The van der Waals surface area contributed by atoms with E-state index in [1.807, 2.05) is 56.3 Å². The van der Waals surface area contributed by atoms with Gasteiger partial charge in [-0.25, -0.2) is 9.07 Å². The van der Waals surface area contributed by atoms with Crippen LogP contribution in [0.4, 0.5) is 10.1 Å². The molecule has 0 saturated carbocycles. The number of fused-ring (bicyclic) bond motifs is 1. The van der Waals surface area contributed by atoms with Crippen LogP contribution < -0.4 is 10.2 Å². The van der Waals surface area contributed by atoms with Gasteiger partial charge in [0, 0.05) is 24.3 Å². The number of hydrogen-bond donors (Lipinski definition) is 1. The summed E-state index contributed by atoms with van der Waals surface area (Å²) in [5.41, 5.74) is 4.57. The molecule has 2 aromatic heterocycles. The van der Waals surface area contributed by atoms with E-state index < -0.39 is 18.0 Å². The van der Waals surface area contributed by atoms with Crippen molar-refractivity contribution in [3.8, 4) is 5.69 Å². The molecule has 3 aromatic carbocycles. The Morgan fingerprint density at radius 1 is 1.00 bits per heavy atom. The van der Waals surface area contributed by atoms with Crippen molar-refractivity contribution >= 4 is 28.4 Å². The minimum Gasteiger partial charge on any atom is -0.345 e. The molecule has 3 heterocycles. The zero-order valence-electron chi connectivity index (χ0n) is 21.7. The largest absolute Gasteiger partial charge is 0.345 e. The standard InChI is InChI=1S/C30H27FN6O2/c1-18-5-4-6-20(15-18)28-27(33-29(38)25-13-14-35(3)34-25)19(2)30(39)36(28)24-11-12-26-21(16-24)17-32-37(26)23-9-7-22(31)8-10-23/h4-17,19,27-28H,1-3H3,(H,33,38)/t19-,27?,28?/m0/s1. The summed E-state index contributed by atoms with van der Waals surface area (Å²) < 4.78 is 16.8. The molecule has 39 heavy (non-hydrogen) atoms. The van der Waals surface area contributed by atoms with Crippen molar-refractivity contribution in [1.29, 1.82) is 0 Å². The second kappa shape index (κ2) is 9.50. The van der Waals surface area contributed by atoms with Gasteiger partial charge in [-0.2, -0.15) is 10.2 Å². The van der Waals surface area contributed by atoms with Gasteiger partial charge in [0.15, 0.2) is 0 Å². The first-order valence-corrected chi connectivity index (χ1v) is 12.7. The molecule has 1 aliphatic rings. The molecule has 9 heteroatoms. The molecule has 0 radical (unpaired) electrons. The van der Waals surface area contributed by atoms with E-state index in [1.165, 1.54) is 12.1 Å². The summed E-state index contributed by atoms with van der Waals surface area (Å²) in [6.45, 7) is 3.85. The van der Waals surface area contributed by atoms with Crippen LogP contribution in [0.2, 0.25) is 0 Å². The van der Waals surface area contributed by atoms with Gasteiger partial charge in [-0.15, -0.1) is 0 Å². The smallest absolute Gasteiger partial charge is 0.272 e. The average Bonchev–Trinajstić information content (AvgIpc) is 3.61. The van der Waals surface area contributed by atoms with Crippen molar-refractivity contribution < 1.29 is 14.0 Å². The minimum absolute atomic E-state index is 0.0851. The van der Waals surface area contributed by atoms with Crippen LogP contribution in [-0.2, 0) is 11.8 Å². The maximum atomic E-state index is 13.8. The van der Waals surface area contributed by atoms with Crippen LogP contribution in [0.3, 0.4) is 0 Å². The van der Waals surface area contributed by atoms with Crippen LogP contribution in [0, 0.1) is 18.7 Å². The number of amides is 2. The van der Waals surface area contributed by atoms with Crippen LogP contribution in [0.15, 0.2) is 85.2 Å². The SMILES string of the molecule is Cc1cccc(C2C(NC(=O)c3ccn(C)n3)[C@H](C)C(=O)N2c2ccc3c(cnn3-c3ccc(F)cc3)c2)c1. The van der Waals surface area contributed by atoms with E-state index in [4.69, 9.17) is 0 Å². The fourth-order valence-corrected chi connectivity index (χ4v) is 5.37. The molecule has 8 nitrogen and oxygen atoms in total. The molecule has 5 aromatic rings. The zero-order chi connectivity index (χ0) is 27.3. The third-order valence-corrected chi connectivity index (χ3v) is 7.31. The molecule has 196 valence electrons. The molecule has 0 spiro atoms. The summed E-state index contributed by atoms with van der Waals surface area (Å²) in [4.78, 5) is 28.7. The number of aryl methyl sites for hydroxylation is 2. The molecule has 2 unspecified atom stereocenters. The fourth-order valence-electron chi connectivity index (χ4n) is 5.37. The fraction of sp³-hybridized carbons (Fsp3) is 0.200. The van der Waals surface area contributed by atoms with Crippen LogP contribution >= 0.6 is 0 Å². The lowest BCUT2D eigenvalue weighted by atomic mass is 9.93. The number of nitrogens with zero attached hydrogens (tertiary/aromatic N) is 5. The highest BCUT2D eigenvalue weighted by Gasteiger charge is 2.48. The Hall–Kier alpha value is -4.79. The number of hydrogen-bond acceptors (Lipinski definition) is 4. The van der Waals surface area contributed by atoms with E-state index in [9.17, 15) is 14.0 Å². The molecule has 1 aliphatic heterocycles. The third kappa shape index (κ3) is 4.35. The average molecular weight is 523 g/mol. The monoisotopic (exact) mass is 522 g/mol. The summed E-state index contributed by atoms with van der Waals surface area (Å²) >= 11 is 0. The number of aromatic nitrogens is 4. The molecule has 1 fully saturated rings. The third-order valence-electron chi connectivity index (χ3n) is 7.31. The molecule has 6 rings (SSSR count). The van der Waals surface area contributed by atoms with Gasteiger partial charge in [-0.3, -0.25) is 14.3 Å². The Bertz CT molecular complexity index is 1710. The van der Waals surface area contributed by atoms with Crippen molar-refractivity contribution in [1.82, 2.24) is 24.9 Å². The van der Waals surface area contributed by atoms with Gasteiger partial charge in [0.25, 0.3) is 5.91 Å². The second-order valence-corrected chi connectivity index (χ2v) is 10.0. The van der Waals surface area contributed by atoms with Gasteiger partial charge in [-0.05, 0) is 61.0 Å². The summed E-state index contributed by atoms with van der Waals surface area (Å²) in [5, 5.41) is 12.7. The number of carbonyl (C=O) groups excluding carboxylic acids is 2. The first kappa shape index (κ1) is 24.5. The lowest BCUT2D eigenvalue weighted by Gasteiger charge is -2.29. The molecule has 0 bridgehead atoms. The predicted octanol–water partition coefficient (Wildman–Crippen LogP) is 4.73. The molecule has 1 N–H and O–H groups in total. The van der Waals surface area contributed by atoms with Crippen LogP contribution in [0.1, 0.15) is 34.6 Å². The summed E-state index contributed by atoms with van der Waals surface area (Å²) in [6, 6.07) is 20.6. The minimum atomic E-state index is -0.480. The van der Waals surface area contributed by atoms with Crippen molar-refractivity contribution in [2.75, 3.05) is 4.90 Å². The van der Waals surface area contributed by atoms with Crippen LogP contribution in [0.25, 0.3) is 16.6 Å². The molecular weight excluding hydrogens is 495 g/mol. The Balaban J connectivity index is 1.41. The van der Waals surface area contributed by atoms with E-state index >= 15 is 0 Å². The number of rotatable bonds is 5. The number of benzene rings is 3. The molecule has 2 amide bonds. The number of carbonyl (C=O) groups is 2. The summed E-state index contributed by atoms with van der Waals surface area (Å²) in [5.74, 6) is -1.19. The van der Waals surface area contributed by atoms with Crippen LogP contribution in [0.5, 0.6) is 0 Å². The van der Waals surface area contributed by atoms with Gasteiger partial charge < -0.3 is 10.2 Å². The Morgan fingerprint density at radius 3 is 2.49 bits per heavy atom. The van der Waals surface area contributed by atoms with E-state index in [0.717, 1.165) is 27.7 Å². The van der Waals surface area contributed by atoms with Crippen molar-refractivity contribution in [2.24, 2.45) is 13.0 Å². The molecular formula is C30H27FN6O2. The highest BCUT2D eigenvalue weighted by molar-refractivity contribution is 6.02. The molecule has 0 aliphatic carbocycles. The van der Waals surface area contributed by atoms with E-state index in [0.29, 0.717) is 11.4 Å². The number of halogens is 1. The highest BCUT2D eigenvalue weighted by atomic mass is 19.1. The maximum absolute atomic E-state index is 13.8. The Kier molecular flexibility index (Phi) is 5.98. The normalized spacial score (nSPS) is 19.1. The van der Waals surface area contributed by atoms with E-state index in [2.05, 4.69) is 15.5 Å². The van der Waals surface area contributed by atoms with E-state index in [1.54, 1.807) is 51.9 Å². The first-order chi connectivity index (χ1) is 18.8. The lowest BCUT2D eigenvalue weighted by molar-refractivity contribution is -0.120. The van der Waals surface area contributed by atoms with Crippen molar-refractivity contribution in [3.05, 3.63) is 108 Å². The first-order valence-electron chi connectivity index (χ1n) is 12.7. The van der Waals surface area contributed by atoms with Gasteiger partial charge in [0.05, 0.1) is 35.4 Å². The number of nitrogens with one attached hydrogen (secondary N) is 1. The summed E-state index contributed by atoms with van der Waals surface area (Å²) in [7, 11) is 1.75. The Morgan fingerprint density at radius 2 is 1.77 bits per heavy atom. The predicted molar refractivity (Wildman–Crippen MR) is 146 cm³/mol. The van der Waals surface area contributed by atoms with Crippen molar-refractivity contribution in [3.63, 3.8) is 0 Å². The second-order valence-electron chi connectivity index (χ2n) is 10.0. The van der Waals surface area contributed by atoms with Gasteiger partial charge >= 0.3 is 0 Å². The molecule has 3 atom stereocenters. The lowest BCUT2D eigenvalue weighted by Crippen LogP contribution is -2.42. The van der Waals surface area contributed by atoms with Crippen LogP contribution in [-0.4, -0.2) is 37.4 Å².